The van der Waals surface area contributed by atoms with Crippen LogP contribution in [0.2, 0.25) is 0 Å². The molecule has 0 spiro atoms. The van der Waals surface area contributed by atoms with Crippen molar-refractivity contribution in [1.82, 2.24) is 0 Å². The van der Waals surface area contributed by atoms with Crippen LogP contribution in [0.15, 0.2) is 12.2 Å². The van der Waals surface area contributed by atoms with Crippen LogP contribution in [0.5, 0.6) is 0 Å². The fourth-order valence-electron chi connectivity index (χ4n) is 0.807. The summed E-state index contributed by atoms with van der Waals surface area (Å²) in [4.78, 5) is 10.6. The van der Waals surface area contributed by atoms with Crippen molar-refractivity contribution in [2.75, 3.05) is 0 Å². The Balaban J connectivity index is 2.50. The third-order valence-corrected chi connectivity index (χ3v) is 1.31. The van der Waals surface area contributed by atoms with Gasteiger partial charge in [-0.2, -0.15) is 0 Å². The zero-order valence-corrected chi connectivity index (χ0v) is 5.46. The summed E-state index contributed by atoms with van der Waals surface area (Å²) in [7, 11) is 0. The molecule has 9 heavy (non-hydrogen) atoms. The molecule has 1 aliphatic heterocycles. The van der Waals surface area contributed by atoms with Crippen LogP contribution >= 0.6 is 0 Å². The minimum absolute atomic E-state index is 0.0903. The highest BCUT2D eigenvalue weighted by molar-refractivity contribution is 5.82. The molecule has 0 aliphatic carbocycles. The first kappa shape index (κ1) is 6.33. The summed E-state index contributed by atoms with van der Waals surface area (Å²) >= 11 is 0. The van der Waals surface area contributed by atoms with Gasteiger partial charge in [-0.15, -0.1) is 0 Å². The molecule has 0 saturated heterocycles. The van der Waals surface area contributed by atoms with Crippen molar-refractivity contribution in [2.45, 2.75) is 25.9 Å². The fourth-order valence-corrected chi connectivity index (χ4v) is 0.807. The number of carbonyl (C=O) groups excluding carboxylic acids is 1. The summed E-state index contributed by atoms with van der Waals surface area (Å²) in [5, 5.41) is 0. The van der Waals surface area contributed by atoms with Crippen LogP contribution in [-0.2, 0) is 9.53 Å². The van der Waals surface area contributed by atoms with Crippen LogP contribution in [0.1, 0.15) is 19.8 Å². The minimum Gasteiger partial charge on any atom is -0.460 e. The standard InChI is InChI=1S/C7H10O2/c1-6-4-2-3-5-7(8)9-6/h3,5-6H,2,4H2,1H3/t6-/m1/s1. The molecule has 1 atom stereocenters. The van der Waals surface area contributed by atoms with E-state index in [4.69, 9.17) is 4.74 Å². The van der Waals surface area contributed by atoms with Crippen molar-refractivity contribution in [3.05, 3.63) is 12.2 Å². The zero-order valence-electron chi connectivity index (χ0n) is 5.46. The molecule has 0 N–H and O–H groups in total. The van der Waals surface area contributed by atoms with E-state index in [1.807, 2.05) is 13.0 Å². The maximum absolute atomic E-state index is 10.6. The molecule has 0 bridgehead atoms. The number of rotatable bonds is 0. The molecule has 0 unspecified atom stereocenters. The van der Waals surface area contributed by atoms with E-state index < -0.39 is 0 Å². The predicted octanol–water partition coefficient (Wildman–Crippen LogP) is 1.27. The number of hydrogen-bond donors (Lipinski definition) is 0. The summed E-state index contributed by atoms with van der Waals surface area (Å²) in [6, 6.07) is 0. The van der Waals surface area contributed by atoms with Crippen molar-refractivity contribution in [3.8, 4) is 0 Å². The average molecular weight is 126 g/mol. The van der Waals surface area contributed by atoms with Gasteiger partial charge in [0.15, 0.2) is 0 Å². The molecule has 0 aromatic rings. The summed E-state index contributed by atoms with van der Waals surface area (Å²) in [5.74, 6) is -0.208. The number of allylic oxidation sites excluding steroid dienone is 1. The Morgan fingerprint density at radius 2 is 2.56 bits per heavy atom. The highest BCUT2D eigenvalue weighted by Crippen LogP contribution is 2.06. The minimum atomic E-state index is -0.208. The van der Waals surface area contributed by atoms with Crippen molar-refractivity contribution >= 4 is 5.97 Å². The topological polar surface area (TPSA) is 26.3 Å². The second-order valence-electron chi connectivity index (χ2n) is 2.23. The zero-order chi connectivity index (χ0) is 6.69. The monoisotopic (exact) mass is 126 g/mol. The molecule has 0 amide bonds. The lowest BCUT2D eigenvalue weighted by molar-refractivity contribution is -0.141. The quantitative estimate of drug-likeness (QED) is 0.457. The third-order valence-electron chi connectivity index (χ3n) is 1.31. The van der Waals surface area contributed by atoms with Gasteiger partial charge in [-0.1, -0.05) is 6.08 Å². The Bertz CT molecular complexity index is 138. The molecule has 0 radical (unpaired) electrons. The smallest absolute Gasteiger partial charge is 0.330 e. The van der Waals surface area contributed by atoms with Crippen LogP contribution in [0.3, 0.4) is 0 Å². The number of carbonyl (C=O) groups is 1. The summed E-state index contributed by atoms with van der Waals surface area (Å²) in [6.45, 7) is 1.91. The summed E-state index contributed by atoms with van der Waals surface area (Å²) in [5.41, 5.74) is 0. The molecule has 1 aliphatic rings. The van der Waals surface area contributed by atoms with Crippen LogP contribution in [0.25, 0.3) is 0 Å². The molecular weight excluding hydrogens is 116 g/mol. The van der Waals surface area contributed by atoms with Crippen molar-refractivity contribution in [3.63, 3.8) is 0 Å². The molecule has 50 valence electrons. The lowest BCUT2D eigenvalue weighted by atomic mass is 10.2. The Labute approximate surface area is 54.5 Å². The van der Waals surface area contributed by atoms with E-state index in [0.29, 0.717) is 0 Å². The second kappa shape index (κ2) is 2.67. The molecular formula is C7H10O2. The average Bonchev–Trinajstić information content (AvgIpc) is 1.93. The summed E-state index contributed by atoms with van der Waals surface area (Å²) < 4.78 is 4.89. The molecule has 2 heteroatoms. The van der Waals surface area contributed by atoms with Gasteiger partial charge in [0.1, 0.15) is 0 Å². The molecule has 0 aromatic carbocycles. The third kappa shape index (κ3) is 1.88. The normalized spacial score (nSPS) is 27.2. The lowest BCUT2D eigenvalue weighted by Gasteiger charge is -2.06. The predicted molar refractivity (Wildman–Crippen MR) is 33.9 cm³/mol. The second-order valence-corrected chi connectivity index (χ2v) is 2.23. The van der Waals surface area contributed by atoms with Crippen molar-refractivity contribution in [1.29, 1.82) is 0 Å². The van der Waals surface area contributed by atoms with Gasteiger partial charge < -0.3 is 4.74 Å². The first-order chi connectivity index (χ1) is 4.29. The molecule has 2 nitrogen and oxygen atoms in total. The Kier molecular flexibility index (Phi) is 1.88. The van der Waals surface area contributed by atoms with E-state index in [2.05, 4.69) is 0 Å². The van der Waals surface area contributed by atoms with Crippen molar-refractivity contribution in [2.24, 2.45) is 0 Å². The molecule has 0 fully saturated rings. The maximum Gasteiger partial charge on any atom is 0.330 e. The molecule has 1 heterocycles. The first-order valence-electron chi connectivity index (χ1n) is 3.16. The van der Waals surface area contributed by atoms with Gasteiger partial charge >= 0.3 is 5.97 Å². The lowest BCUT2D eigenvalue weighted by Crippen LogP contribution is -2.09. The van der Waals surface area contributed by atoms with Crippen LogP contribution in [-0.4, -0.2) is 12.1 Å². The van der Waals surface area contributed by atoms with Gasteiger partial charge in [-0.05, 0) is 19.8 Å². The van der Waals surface area contributed by atoms with Gasteiger partial charge in [-0.25, -0.2) is 4.79 Å². The van der Waals surface area contributed by atoms with E-state index >= 15 is 0 Å². The largest absolute Gasteiger partial charge is 0.460 e. The van der Waals surface area contributed by atoms with Crippen LogP contribution < -0.4 is 0 Å². The van der Waals surface area contributed by atoms with Crippen LogP contribution in [0.4, 0.5) is 0 Å². The highest BCUT2D eigenvalue weighted by atomic mass is 16.5. The Morgan fingerprint density at radius 1 is 1.78 bits per heavy atom. The Morgan fingerprint density at radius 3 is 3.33 bits per heavy atom. The van der Waals surface area contributed by atoms with Gasteiger partial charge in [-0.3, -0.25) is 0 Å². The Hall–Kier alpha value is -0.790. The highest BCUT2D eigenvalue weighted by Gasteiger charge is 2.08. The molecule has 0 aromatic heterocycles. The van der Waals surface area contributed by atoms with E-state index in [1.165, 1.54) is 6.08 Å². The number of esters is 1. The van der Waals surface area contributed by atoms with E-state index in [1.54, 1.807) is 0 Å². The number of cyclic esters (lactones) is 1. The van der Waals surface area contributed by atoms with E-state index in [0.717, 1.165) is 12.8 Å². The SMILES string of the molecule is C[C@@H]1CCC=CC(=O)O1. The first-order valence-corrected chi connectivity index (χ1v) is 3.16. The maximum atomic E-state index is 10.6. The van der Waals surface area contributed by atoms with Gasteiger partial charge in [0.25, 0.3) is 0 Å². The number of ether oxygens (including phenoxy) is 1. The van der Waals surface area contributed by atoms with Gasteiger partial charge in [0, 0.05) is 6.08 Å². The van der Waals surface area contributed by atoms with E-state index in [9.17, 15) is 4.79 Å². The van der Waals surface area contributed by atoms with Gasteiger partial charge in [0.05, 0.1) is 6.10 Å². The van der Waals surface area contributed by atoms with Gasteiger partial charge in [0.2, 0.25) is 0 Å². The van der Waals surface area contributed by atoms with E-state index in [-0.39, 0.29) is 12.1 Å². The van der Waals surface area contributed by atoms with Crippen molar-refractivity contribution < 1.29 is 9.53 Å². The molecule has 1 rings (SSSR count). The number of hydrogen-bond acceptors (Lipinski definition) is 2. The fraction of sp³-hybridized carbons (Fsp3) is 0.571. The molecule has 0 saturated carbocycles. The summed E-state index contributed by atoms with van der Waals surface area (Å²) in [6.07, 6.45) is 5.33. The van der Waals surface area contributed by atoms with Crippen LogP contribution in [0, 0.1) is 0 Å².